The molecular weight excluding hydrogens is 292 g/mol. The first-order chi connectivity index (χ1) is 11.1. The van der Waals surface area contributed by atoms with Gasteiger partial charge in [0.05, 0.1) is 0 Å². The summed E-state index contributed by atoms with van der Waals surface area (Å²) in [4.78, 5) is 28.4. The Kier molecular flexibility index (Phi) is 7.15. The highest BCUT2D eigenvalue weighted by atomic mass is 16.2. The summed E-state index contributed by atoms with van der Waals surface area (Å²) < 4.78 is 0. The zero-order valence-electron chi connectivity index (χ0n) is 14.6. The minimum atomic E-state index is 0.0468. The van der Waals surface area contributed by atoms with Crippen LogP contribution in [0.1, 0.15) is 46.0 Å². The molecule has 0 unspecified atom stereocenters. The summed E-state index contributed by atoms with van der Waals surface area (Å²) in [6, 6.07) is 0.444. The molecule has 0 aromatic heterocycles. The normalized spacial score (nSPS) is 19.0. The molecule has 2 fully saturated rings. The van der Waals surface area contributed by atoms with Crippen LogP contribution in [0.25, 0.3) is 0 Å². The lowest BCUT2D eigenvalue weighted by Crippen LogP contribution is -2.47. The first-order valence-electron chi connectivity index (χ1n) is 9.19. The van der Waals surface area contributed by atoms with E-state index in [1.165, 1.54) is 0 Å². The predicted octanol–water partition coefficient (Wildman–Crippen LogP) is 1.42. The second kappa shape index (κ2) is 9.11. The number of carbonyl (C=O) groups is 2. The number of likely N-dealkylation sites (tertiary alicyclic amines) is 1. The second-order valence-corrected chi connectivity index (χ2v) is 6.66. The summed E-state index contributed by atoms with van der Waals surface area (Å²) in [6.07, 6.45) is 4.77. The third kappa shape index (κ3) is 6.01. The molecule has 1 saturated carbocycles. The minimum Gasteiger partial charge on any atom is -0.356 e. The fraction of sp³-hybridized carbons (Fsp3) is 0.882. The monoisotopic (exact) mass is 324 g/mol. The molecule has 0 aromatic rings. The summed E-state index contributed by atoms with van der Waals surface area (Å²) >= 11 is 0. The summed E-state index contributed by atoms with van der Waals surface area (Å²) in [5.74, 6) is 0.222. The van der Waals surface area contributed by atoms with Gasteiger partial charge in [0.2, 0.25) is 5.91 Å². The van der Waals surface area contributed by atoms with E-state index in [1.807, 2.05) is 4.90 Å². The average Bonchev–Trinajstić information content (AvgIpc) is 3.39. The van der Waals surface area contributed by atoms with Gasteiger partial charge in [-0.1, -0.05) is 13.8 Å². The number of hydrogen-bond donors (Lipinski definition) is 2. The Morgan fingerprint density at radius 3 is 2.30 bits per heavy atom. The summed E-state index contributed by atoms with van der Waals surface area (Å²) in [5.41, 5.74) is 0. The zero-order chi connectivity index (χ0) is 16.7. The fourth-order valence-corrected chi connectivity index (χ4v) is 3.04. The van der Waals surface area contributed by atoms with Gasteiger partial charge in [-0.3, -0.25) is 4.79 Å². The molecule has 1 saturated heterocycles. The Bertz CT molecular complexity index is 386. The SMILES string of the molecule is CCN(CC)CCCNC(=O)C1CCN(C(=O)NC2CC2)CC1. The molecule has 3 amide bonds. The highest BCUT2D eigenvalue weighted by molar-refractivity contribution is 5.79. The Morgan fingerprint density at radius 1 is 1.09 bits per heavy atom. The van der Waals surface area contributed by atoms with Crippen LogP contribution < -0.4 is 10.6 Å². The Balaban J connectivity index is 1.58. The van der Waals surface area contributed by atoms with Crippen molar-refractivity contribution in [1.29, 1.82) is 0 Å². The van der Waals surface area contributed by atoms with Crippen LogP contribution in [0.3, 0.4) is 0 Å². The van der Waals surface area contributed by atoms with Gasteiger partial charge in [-0.05, 0) is 51.7 Å². The minimum absolute atomic E-state index is 0.0468. The van der Waals surface area contributed by atoms with Crippen molar-refractivity contribution >= 4 is 11.9 Å². The molecule has 0 bridgehead atoms. The molecule has 0 atom stereocenters. The lowest BCUT2D eigenvalue weighted by Gasteiger charge is -2.31. The molecule has 6 heteroatoms. The second-order valence-electron chi connectivity index (χ2n) is 6.66. The predicted molar refractivity (Wildman–Crippen MR) is 91.3 cm³/mol. The molecule has 6 nitrogen and oxygen atoms in total. The third-order valence-electron chi connectivity index (χ3n) is 4.90. The van der Waals surface area contributed by atoms with Gasteiger partial charge in [-0.2, -0.15) is 0 Å². The van der Waals surface area contributed by atoms with Crippen molar-refractivity contribution in [2.24, 2.45) is 5.92 Å². The van der Waals surface area contributed by atoms with Crippen LogP contribution in [0.5, 0.6) is 0 Å². The first-order valence-corrected chi connectivity index (χ1v) is 9.19. The smallest absolute Gasteiger partial charge is 0.317 e. The molecule has 2 rings (SSSR count). The van der Waals surface area contributed by atoms with Crippen LogP contribution in [-0.2, 0) is 4.79 Å². The highest BCUT2D eigenvalue weighted by Gasteiger charge is 2.30. The number of nitrogens with zero attached hydrogens (tertiary/aromatic N) is 2. The van der Waals surface area contributed by atoms with E-state index in [1.54, 1.807) is 0 Å². The zero-order valence-corrected chi connectivity index (χ0v) is 14.6. The van der Waals surface area contributed by atoms with Crippen molar-refractivity contribution in [3.05, 3.63) is 0 Å². The molecule has 23 heavy (non-hydrogen) atoms. The molecule has 132 valence electrons. The van der Waals surface area contributed by atoms with Crippen molar-refractivity contribution in [3.63, 3.8) is 0 Å². The van der Waals surface area contributed by atoms with Gasteiger partial charge < -0.3 is 20.4 Å². The van der Waals surface area contributed by atoms with Crippen LogP contribution >= 0.6 is 0 Å². The fourth-order valence-electron chi connectivity index (χ4n) is 3.04. The Labute approximate surface area is 140 Å². The maximum absolute atomic E-state index is 12.2. The number of piperidine rings is 1. The molecule has 0 radical (unpaired) electrons. The van der Waals surface area contributed by atoms with Crippen molar-refractivity contribution < 1.29 is 9.59 Å². The van der Waals surface area contributed by atoms with Gasteiger partial charge in [-0.25, -0.2) is 4.79 Å². The van der Waals surface area contributed by atoms with Crippen molar-refractivity contribution in [2.45, 2.75) is 52.0 Å². The van der Waals surface area contributed by atoms with Gasteiger partial charge >= 0.3 is 6.03 Å². The van der Waals surface area contributed by atoms with Gasteiger partial charge in [0.15, 0.2) is 0 Å². The van der Waals surface area contributed by atoms with E-state index in [0.29, 0.717) is 19.1 Å². The number of hydrogen-bond acceptors (Lipinski definition) is 3. The molecule has 0 aromatic carbocycles. The molecule has 1 heterocycles. The van der Waals surface area contributed by atoms with E-state index in [-0.39, 0.29) is 17.9 Å². The van der Waals surface area contributed by atoms with Gasteiger partial charge in [-0.15, -0.1) is 0 Å². The quantitative estimate of drug-likeness (QED) is 0.664. The van der Waals surface area contributed by atoms with Gasteiger partial charge in [0.1, 0.15) is 0 Å². The standard InChI is InChI=1S/C17H32N4O2/c1-3-20(4-2)11-5-10-18-16(22)14-8-12-21(13-9-14)17(23)19-15-6-7-15/h14-15H,3-13H2,1-2H3,(H,18,22)(H,19,23). The number of nitrogens with one attached hydrogen (secondary N) is 2. The lowest BCUT2D eigenvalue weighted by atomic mass is 9.96. The molecular formula is C17H32N4O2. The van der Waals surface area contributed by atoms with Crippen molar-refractivity contribution in [2.75, 3.05) is 39.3 Å². The number of amides is 3. The van der Waals surface area contributed by atoms with Gasteiger partial charge in [0, 0.05) is 31.6 Å². The third-order valence-corrected chi connectivity index (χ3v) is 4.90. The first kappa shape index (κ1) is 18.0. The number of rotatable bonds is 8. The Hall–Kier alpha value is -1.30. The van der Waals surface area contributed by atoms with Crippen LogP contribution in [-0.4, -0.2) is 67.0 Å². The van der Waals surface area contributed by atoms with Gasteiger partial charge in [0.25, 0.3) is 0 Å². The van der Waals surface area contributed by atoms with Crippen LogP contribution in [0.2, 0.25) is 0 Å². The van der Waals surface area contributed by atoms with Crippen molar-refractivity contribution in [1.82, 2.24) is 20.4 Å². The summed E-state index contributed by atoms with van der Waals surface area (Å²) in [7, 11) is 0. The molecule has 1 aliphatic heterocycles. The summed E-state index contributed by atoms with van der Waals surface area (Å²) in [5, 5.41) is 6.07. The van der Waals surface area contributed by atoms with Crippen LogP contribution in [0.4, 0.5) is 4.79 Å². The largest absolute Gasteiger partial charge is 0.356 e. The van der Waals surface area contributed by atoms with E-state index < -0.39 is 0 Å². The van der Waals surface area contributed by atoms with Crippen LogP contribution in [0.15, 0.2) is 0 Å². The molecule has 1 aliphatic carbocycles. The summed E-state index contributed by atoms with van der Waals surface area (Å²) in [6.45, 7) is 9.61. The van der Waals surface area contributed by atoms with Crippen LogP contribution in [0, 0.1) is 5.92 Å². The molecule has 0 spiro atoms. The lowest BCUT2D eigenvalue weighted by molar-refractivity contribution is -0.126. The number of carbonyl (C=O) groups excluding carboxylic acids is 2. The van der Waals surface area contributed by atoms with E-state index in [0.717, 1.165) is 58.3 Å². The van der Waals surface area contributed by atoms with E-state index in [9.17, 15) is 9.59 Å². The maximum atomic E-state index is 12.2. The van der Waals surface area contributed by atoms with E-state index >= 15 is 0 Å². The maximum Gasteiger partial charge on any atom is 0.317 e. The molecule has 2 N–H and O–H groups in total. The van der Waals surface area contributed by atoms with E-state index in [4.69, 9.17) is 0 Å². The Morgan fingerprint density at radius 2 is 1.74 bits per heavy atom. The number of urea groups is 1. The average molecular weight is 324 g/mol. The molecule has 2 aliphatic rings. The van der Waals surface area contributed by atoms with Crippen molar-refractivity contribution in [3.8, 4) is 0 Å². The highest BCUT2D eigenvalue weighted by Crippen LogP contribution is 2.21. The topological polar surface area (TPSA) is 64.7 Å². The van der Waals surface area contributed by atoms with E-state index in [2.05, 4.69) is 29.4 Å².